The molecule has 16 heavy (non-hydrogen) atoms. The molecule has 1 rings (SSSR count). The highest BCUT2D eigenvalue weighted by Gasteiger charge is 2.19. The van der Waals surface area contributed by atoms with E-state index in [1.807, 2.05) is 6.07 Å². The molecule has 0 aromatic heterocycles. The van der Waals surface area contributed by atoms with Gasteiger partial charge in [-0.05, 0) is 31.5 Å². The fourth-order valence-electron chi connectivity index (χ4n) is 1.40. The smallest absolute Gasteiger partial charge is 0.313 e. The number of hydrogen-bond acceptors (Lipinski definition) is 3. The van der Waals surface area contributed by atoms with Gasteiger partial charge in [-0.15, -0.1) is 0 Å². The van der Waals surface area contributed by atoms with E-state index in [0.29, 0.717) is 22.8 Å². The molecule has 1 unspecified atom stereocenters. The van der Waals surface area contributed by atoms with Crippen molar-refractivity contribution in [1.82, 2.24) is 0 Å². The van der Waals surface area contributed by atoms with Gasteiger partial charge in [-0.1, -0.05) is 17.7 Å². The molecule has 0 saturated heterocycles. The maximum atomic E-state index is 11.5. The first-order chi connectivity index (χ1) is 7.60. The number of halogens is 1. The van der Waals surface area contributed by atoms with E-state index in [0.717, 1.165) is 0 Å². The molecule has 0 bridgehead atoms. The van der Waals surface area contributed by atoms with Crippen LogP contribution in [0.3, 0.4) is 0 Å². The molecule has 1 aromatic rings. The molecular formula is C12H12ClNO2. The second kappa shape index (κ2) is 5.53. The fraction of sp³-hybridized carbons (Fsp3) is 0.333. The quantitative estimate of drug-likeness (QED) is 0.760. The van der Waals surface area contributed by atoms with Crippen LogP contribution in [-0.4, -0.2) is 12.6 Å². The van der Waals surface area contributed by atoms with Gasteiger partial charge in [-0.3, -0.25) is 4.79 Å². The maximum Gasteiger partial charge on any atom is 0.313 e. The lowest BCUT2D eigenvalue weighted by Gasteiger charge is -2.12. The van der Waals surface area contributed by atoms with Crippen LogP contribution in [0.5, 0.6) is 0 Å². The largest absolute Gasteiger partial charge is 0.466 e. The highest BCUT2D eigenvalue weighted by molar-refractivity contribution is 6.30. The van der Waals surface area contributed by atoms with Crippen molar-refractivity contribution in [3.8, 4) is 6.07 Å². The number of esters is 1. The van der Waals surface area contributed by atoms with Gasteiger partial charge in [-0.25, -0.2) is 0 Å². The predicted molar refractivity (Wildman–Crippen MR) is 61.2 cm³/mol. The SMILES string of the molecule is CCOC(=O)C(C)c1ccc(Cl)cc1C#N. The van der Waals surface area contributed by atoms with Crippen LogP contribution in [0.4, 0.5) is 0 Å². The molecule has 0 heterocycles. The number of hydrogen-bond donors (Lipinski definition) is 0. The number of nitrogens with zero attached hydrogens (tertiary/aromatic N) is 1. The summed E-state index contributed by atoms with van der Waals surface area (Å²) >= 11 is 5.77. The van der Waals surface area contributed by atoms with Gasteiger partial charge >= 0.3 is 5.97 Å². The minimum atomic E-state index is -0.452. The highest BCUT2D eigenvalue weighted by Crippen LogP contribution is 2.23. The van der Waals surface area contributed by atoms with Gasteiger partial charge in [-0.2, -0.15) is 5.26 Å². The first-order valence-corrected chi connectivity index (χ1v) is 5.34. The highest BCUT2D eigenvalue weighted by atomic mass is 35.5. The lowest BCUT2D eigenvalue weighted by Crippen LogP contribution is -2.14. The van der Waals surface area contributed by atoms with E-state index in [4.69, 9.17) is 21.6 Å². The molecule has 0 fully saturated rings. The van der Waals surface area contributed by atoms with E-state index in [-0.39, 0.29) is 5.97 Å². The van der Waals surface area contributed by atoms with Crippen molar-refractivity contribution in [2.75, 3.05) is 6.61 Å². The van der Waals surface area contributed by atoms with Crippen LogP contribution >= 0.6 is 11.6 Å². The van der Waals surface area contributed by atoms with Crippen molar-refractivity contribution in [2.45, 2.75) is 19.8 Å². The monoisotopic (exact) mass is 237 g/mol. The lowest BCUT2D eigenvalue weighted by atomic mass is 9.96. The van der Waals surface area contributed by atoms with Crippen molar-refractivity contribution >= 4 is 17.6 Å². The Hall–Kier alpha value is -1.53. The standard InChI is InChI=1S/C12H12ClNO2/c1-3-16-12(15)8(2)11-5-4-10(13)6-9(11)7-14/h4-6,8H,3H2,1-2H3. The summed E-state index contributed by atoms with van der Waals surface area (Å²) in [5, 5.41) is 9.43. The van der Waals surface area contributed by atoms with Gasteiger partial charge < -0.3 is 4.74 Å². The van der Waals surface area contributed by atoms with E-state index < -0.39 is 5.92 Å². The Labute approximate surface area is 99.6 Å². The Bertz CT molecular complexity index is 437. The maximum absolute atomic E-state index is 11.5. The van der Waals surface area contributed by atoms with Crippen molar-refractivity contribution in [1.29, 1.82) is 5.26 Å². The molecule has 4 heteroatoms. The normalized spacial score (nSPS) is 11.6. The molecule has 0 saturated carbocycles. The molecular weight excluding hydrogens is 226 g/mol. The van der Waals surface area contributed by atoms with Crippen molar-refractivity contribution in [3.63, 3.8) is 0 Å². The Kier molecular flexibility index (Phi) is 4.33. The van der Waals surface area contributed by atoms with Gasteiger partial charge in [0, 0.05) is 5.02 Å². The zero-order valence-corrected chi connectivity index (χ0v) is 9.91. The summed E-state index contributed by atoms with van der Waals surface area (Å²) in [6, 6.07) is 6.91. The van der Waals surface area contributed by atoms with E-state index >= 15 is 0 Å². The summed E-state index contributed by atoms with van der Waals surface area (Å²) < 4.78 is 4.91. The second-order valence-electron chi connectivity index (χ2n) is 3.32. The summed E-state index contributed by atoms with van der Waals surface area (Å²) in [6.07, 6.45) is 0. The molecule has 1 atom stereocenters. The molecule has 3 nitrogen and oxygen atoms in total. The third-order valence-corrected chi connectivity index (χ3v) is 2.48. The molecule has 0 aliphatic rings. The summed E-state index contributed by atoms with van der Waals surface area (Å²) in [5.41, 5.74) is 1.05. The first kappa shape index (κ1) is 12.5. The number of benzene rings is 1. The van der Waals surface area contributed by atoms with Crippen LogP contribution in [0.1, 0.15) is 30.9 Å². The van der Waals surface area contributed by atoms with E-state index in [2.05, 4.69) is 0 Å². The minimum absolute atomic E-state index is 0.332. The minimum Gasteiger partial charge on any atom is -0.466 e. The average molecular weight is 238 g/mol. The number of carbonyl (C=O) groups is 1. The van der Waals surface area contributed by atoms with Crippen LogP contribution in [0.15, 0.2) is 18.2 Å². The Morgan fingerprint density at radius 1 is 1.62 bits per heavy atom. The molecule has 0 aliphatic heterocycles. The molecule has 1 aromatic carbocycles. The van der Waals surface area contributed by atoms with Gasteiger partial charge in [0.2, 0.25) is 0 Å². The molecule has 0 spiro atoms. The summed E-state index contributed by atoms with van der Waals surface area (Å²) in [7, 11) is 0. The summed E-state index contributed by atoms with van der Waals surface area (Å²) in [6.45, 7) is 3.79. The Balaban J connectivity index is 3.04. The summed E-state index contributed by atoms with van der Waals surface area (Å²) in [4.78, 5) is 11.5. The Morgan fingerprint density at radius 3 is 2.88 bits per heavy atom. The van der Waals surface area contributed by atoms with Crippen LogP contribution in [-0.2, 0) is 9.53 Å². The molecule has 0 amide bonds. The zero-order valence-electron chi connectivity index (χ0n) is 9.16. The van der Waals surface area contributed by atoms with Crippen molar-refractivity contribution < 1.29 is 9.53 Å². The molecule has 0 N–H and O–H groups in total. The van der Waals surface area contributed by atoms with Crippen LogP contribution < -0.4 is 0 Å². The number of nitriles is 1. The topological polar surface area (TPSA) is 50.1 Å². The third-order valence-electron chi connectivity index (χ3n) is 2.24. The second-order valence-corrected chi connectivity index (χ2v) is 3.75. The Morgan fingerprint density at radius 2 is 2.31 bits per heavy atom. The van der Waals surface area contributed by atoms with Gasteiger partial charge in [0.25, 0.3) is 0 Å². The van der Waals surface area contributed by atoms with Crippen LogP contribution in [0.25, 0.3) is 0 Å². The van der Waals surface area contributed by atoms with Gasteiger partial charge in [0.05, 0.1) is 24.2 Å². The zero-order chi connectivity index (χ0) is 12.1. The summed E-state index contributed by atoms with van der Waals surface area (Å²) in [5.74, 6) is -0.784. The number of carbonyl (C=O) groups excluding carboxylic acids is 1. The van der Waals surface area contributed by atoms with E-state index in [9.17, 15) is 4.79 Å². The third kappa shape index (κ3) is 2.74. The van der Waals surface area contributed by atoms with E-state index in [1.165, 1.54) is 0 Å². The van der Waals surface area contributed by atoms with Crippen LogP contribution in [0, 0.1) is 11.3 Å². The number of ether oxygens (including phenoxy) is 1. The predicted octanol–water partition coefficient (Wildman–Crippen LogP) is 2.88. The van der Waals surface area contributed by atoms with Crippen molar-refractivity contribution in [2.24, 2.45) is 0 Å². The van der Waals surface area contributed by atoms with Crippen molar-refractivity contribution in [3.05, 3.63) is 34.3 Å². The van der Waals surface area contributed by atoms with Gasteiger partial charge in [0.1, 0.15) is 0 Å². The molecule has 84 valence electrons. The fourth-order valence-corrected chi connectivity index (χ4v) is 1.57. The number of rotatable bonds is 3. The molecule has 0 aliphatic carbocycles. The molecule has 0 radical (unpaired) electrons. The van der Waals surface area contributed by atoms with Crippen LogP contribution in [0.2, 0.25) is 5.02 Å². The lowest BCUT2D eigenvalue weighted by molar-refractivity contribution is -0.144. The average Bonchev–Trinajstić information content (AvgIpc) is 2.28. The van der Waals surface area contributed by atoms with Gasteiger partial charge in [0.15, 0.2) is 0 Å². The first-order valence-electron chi connectivity index (χ1n) is 4.96. The van der Waals surface area contributed by atoms with E-state index in [1.54, 1.807) is 32.0 Å².